The van der Waals surface area contributed by atoms with Crippen LogP contribution in [0.4, 0.5) is 0 Å². The average molecular weight is 371 g/mol. The van der Waals surface area contributed by atoms with Crippen LogP contribution >= 0.6 is 0 Å². The van der Waals surface area contributed by atoms with Crippen molar-refractivity contribution in [2.75, 3.05) is 13.7 Å². The van der Waals surface area contributed by atoms with Gasteiger partial charge in [-0.3, -0.25) is 4.99 Å². The highest BCUT2D eigenvalue weighted by Gasteiger charge is 2.05. The lowest BCUT2D eigenvalue weighted by Crippen LogP contribution is -2.00. The Morgan fingerprint density at radius 3 is 2.18 bits per heavy atom. The molecule has 0 heterocycles. The summed E-state index contributed by atoms with van der Waals surface area (Å²) < 4.78 is 11.2. The summed E-state index contributed by atoms with van der Waals surface area (Å²) in [6.07, 6.45) is 2.12. The van der Waals surface area contributed by atoms with Crippen LogP contribution in [0.3, 0.4) is 0 Å². The van der Waals surface area contributed by atoms with Crippen LogP contribution in [0.25, 0.3) is 5.57 Å². The van der Waals surface area contributed by atoms with Gasteiger partial charge in [-0.2, -0.15) is 0 Å². The van der Waals surface area contributed by atoms with E-state index in [0.717, 1.165) is 46.2 Å². The molecule has 3 heteroatoms. The lowest BCUT2D eigenvalue weighted by atomic mass is 10.0. The largest absolute Gasteiger partial charge is 0.497 e. The highest BCUT2D eigenvalue weighted by atomic mass is 16.5. The van der Waals surface area contributed by atoms with Gasteiger partial charge in [0.1, 0.15) is 17.2 Å². The number of ether oxygens (including phenoxy) is 2. The van der Waals surface area contributed by atoms with E-state index in [9.17, 15) is 0 Å². The molecule has 0 aliphatic carbocycles. The number of para-hydroxylation sites is 1. The van der Waals surface area contributed by atoms with Crippen molar-refractivity contribution in [3.8, 4) is 17.2 Å². The van der Waals surface area contributed by atoms with Gasteiger partial charge in [0.15, 0.2) is 0 Å². The van der Waals surface area contributed by atoms with Crippen LogP contribution in [-0.2, 0) is 0 Å². The Labute approximate surface area is 167 Å². The summed E-state index contributed by atoms with van der Waals surface area (Å²) >= 11 is 0. The van der Waals surface area contributed by atoms with Crippen LogP contribution in [0, 0.1) is 0 Å². The van der Waals surface area contributed by atoms with E-state index in [2.05, 4.69) is 36.2 Å². The fraction of sp³-hybridized carbons (Fsp3) is 0.160. The number of aliphatic imine (C=N–C) groups is 1. The van der Waals surface area contributed by atoms with Gasteiger partial charge in [-0.05, 0) is 67.5 Å². The summed E-state index contributed by atoms with van der Waals surface area (Å²) in [4.78, 5) is 4.67. The van der Waals surface area contributed by atoms with Crippen LogP contribution in [0.15, 0.2) is 89.9 Å². The number of benzene rings is 3. The average Bonchev–Trinajstić information content (AvgIpc) is 2.74. The summed E-state index contributed by atoms with van der Waals surface area (Å²) in [5, 5.41) is 0. The van der Waals surface area contributed by atoms with E-state index < -0.39 is 0 Å². The fourth-order valence-corrected chi connectivity index (χ4v) is 2.87. The number of methoxy groups -OCH3 is 1. The summed E-state index contributed by atoms with van der Waals surface area (Å²) in [6.45, 7) is 4.86. The van der Waals surface area contributed by atoms with Crippen molar-refractivity contribution >= 4 is 11.3 Å². The first-order valence-corrected chi connectivity index (χ1v) is 9.40. The van der Waals surface area contributed by atoms with E-state index in [-0.39, 0.29) is 0 Å². The third-order valence-corrected chi connectivity index (χ3v) is 4.34. The first kappa shape index (κ1) is 19.4. The van der Waals surface area contributed by atoms with Crippen molar-refractivity contribution in [3.63, 3.8) is 0 Å². The second kappa shape index (κ2) is 9.56. The number of hydrogen-bond donors (Lipinski definition) is 0. The molecule has 3 aromatic rings. The minimum atomic E-state index is 0.722. The molecule has 0 N–H and O–H groups in total. The summed E-state index contributed by atoms with van der Waals surface area (Å²) in [6, 6.07) is 25.9. The highest BCUT2D eigenvalue weighted by molar-refractivity contribution is 6.12. The topological polar surface area (TPSA) is 30.8 Å². The van der Waals surface area contributed by atoms with E-state index in [1.54, 1.807) is 7.11 Å². The zero-order chi connectivity index (χ0) is 19.8. The Balaban J connectivity index is 1.81. The molecule has 0 aromatic heterocycles. The van der Waals surface area contributed by atoms with Crippen molar-refractivity contribution in [1.29, 1.82) is 0 Å². The van der Waals surface area contributed by atoms with Crippen molar-refractivity contribution in [2.45, 2.75) is 13.8 Å². The number of rotatable bonds is 7. The maximum atomic E-state index is 5.87. The van der Waals surface area contributed by atoms with E-state index >= 15 is 0 Å². The van der Waals surface area contributed by atoms with Crippen molar-refractivity contribution < 1.29 is 9.47 Å². The third kappa shape index (κ3) is 5.10. The van der Waals surface area contributed by atoms with Gasteiger partial charge < -0.3 is 9.47 Å². The van der Waals surface area contributed by atoms with Crippen LogP contribution in [0.1, 0.15) is 25.0 Å². The lowest BCUT2D eigenvalue weighted by molar-refractivity contribution is 0.414. The van der Waals surface area contributed by atoms with E-state index in [1.807, 2.05) is 67.6 Å². The lowest BCUT2D eigenvalue weighted by Gasteiger charge is -2.09. The molecule has 0 aliphatic rings. The van der Waals surface area contributed by atoms with Gasteiger partial charge in [0.25, 0.3) is 0 Å². The third-order valence-electron chi connectivity index (χ3n) is 4.34. The highest BCUT2D eigenvalue weighted by Crippen LogP contribution is 2.24. The SMILES string of the molecule is CCN=C(/C=C(\C)c1ccc(Oc2ccccc2)cc1)c1cccc(OC)c1. The molecular formula is C25H25NO2. The molecule has 142 valence electrons. The van der Waals surface area contributed by atoms with Crippen LogP contribution in [0.5, 0.6) is 17.2 Å². The summed E-state index contributed by atoms with van der Waals surface area (Å²) in [5.41, 5.74) is 4.27. The molecule has 0 fully saturated rings. The Morgan fingerprint density at radius 2 is 1.50 bits per heavy atom. The monoisotopic (exact) mass is 371 g/mol. The van der Waals surface area contributed by atoms with Gasteiger partial charge in [-0.15, -0.1) is 0 Å². The Hall–Kier alpha value is -3.33. The predicted molar refractivity (Wildman–Crippen MR) is 117 cm³/mol. The van der Waals surface area contributed by atoms with Crippen LogP contribution in [-0.4, -0.2) is 19.4 Å². The zero-order valence-electron chi connectivity index (χ0n) is 16.6. The maximum Gasteiger partial charge on any atom is 0.127 e. The molecule has 3 aromatic carbocycles. The first-order valence-electron chi connectivity index (χ1n) is 9.40. The number of allylic oxidation sites excluding steroid dienone is 2. The molecule has 28 heavy (non-hydrogen) atoms. The molecule has 0 saturated carbocycles. The minimum Gasteiger partial charge on any atom is -0.497 e. The van der Waals surface area contributed by atoms with Crippen LogP contribution in [0.2, 0.25) is 0 Å². The van der Waals surface area contributed by atoms with Crippen molar-refractivity contribution in [1.82, 2.24) is 0 Å². The molecule has 0 aliphatic heterocycles. The van der Waals surface area contributed by atoms with Gasteiger partial charge in [0.2, 0.25) is 0 Å². The first-order chi connectivity index (χ1) is 13.7. The second-order valence-electron chi connectivity index (χ2n) is 6.36. The summed E-state index contributed by atoms with van der Waals surface area (Å²) in [7, 11) is 1.68. The zero-order valence-corrected chi connectivity index (χ0v) is 16.6. The number of nitrogens with zero attached hydrogens (tertiary/aromatic N) is 1. The van der Waals surface area contributed by atoms with Gasteiger partial charge in [-0.25, -0.2) is 0 Å². The quantitative estimate of drug-likeness (QED) is 0.450. The predicted octanol–water partition coefficient (Wildman–Crippen LogP) is 6.40. The van der Waals surface area contributed by atoms with Crippen LogP contribution < -0.4 is 9.47 Å². The molecule has 0 saturated heterocycles. The van der Waals surface area contributed by atoms with E-state index in [1.165, 1.54) is 0 Å². The van der Waals surface area contributed by atoms with Crippen molar-refractivity contribution in [3.05, 3.63) is 96.1 Å². The Bertz CT molecular complexity index is 957. The van der Waals surface area contributed by atoms with Crippen molar-refractivity contribution in [2.24, 2.45) is 4.99 Å². The molecular weight excluding hydrogens is 346 g/mol. The molecule has 0 unspecified atom stereocenters. The van der Waals surface area contributed by atoms with Gasteiger partial charge in [0.05, 0.1) is 12.8 Å². The normalized spacial score (nSPS) is 12.0. The van der Waals surface area contributed by atoms with Gasteiger partial charge >= 0.3 is 0 Å². The standard InChI is InChI=1S/C25H25NO2/c1-4-26-25(21-9-8-12-24(18-21)27-3)17-19(2)20-13-15-23(16-14-20)28-22-10-6-5-7-11-22/h5-18H,4H2,1-3H3/b19-17+,26-25?. The van der Waals surface area contributed by atoms with Gasteiger partial charge in [0, 0.05) is 12.1 Å². The van der Waals surface area contributed by atoms with E-state index in [4.69, 9.17) is 9.47 Å². The number of hydrogen-bond acceptors (Lipinski definition) is 3. The Kier molecular flexibility index (Phi) is 6.64. The molecule has 0 amide bonds. The van der Waals surface area contributed by atoms with E-state index in [0.29, 0.717) is 0 Å². The maximum absolute atomic E-state index is 5.87. The molecule has 0 bridgehead atoms. The molecule has 3 rings (SSSR count). The molecule has 0 radical (unpaired) electrons. The summed E-state index contributed by atoms with van der Waals surface area (Å²) in [5.74, 6) is 2.48. The molecule has 0 spiro atoms. The molecule has 0 atom stereocenters. The second-order valence-corrected chi connectivity index (χ2v) is 6.36. The van der Waals surface area contributed by atoms with Gasteiger partial charge in [-0.1, -0.05) is 42.5 Å². The Morgan fingerprint density at radius 1 is 0.821 bits per heavy atom. The minimum absolute atomic E-state index is 0.722. The smallest absolute Gasteiger partial charge is 0.127 e. The molecule has 3 nitrogen and oxygen atoms in total. The fourth-order valence-electron chi connectivity index (χ4n) is 2.87.